The van der Waals surface area contributed by atoms with Crippen molar-refractivity contribution in [1.82, 2.24) is 0 Å². The first-order valence-corrected chi connectivity index (χ1v) is 13.7. The molecule has 1 aliphatic rings. The molecule has 0 aromatic heterocycles. The minimum absolute atomic E-state index is 0. The van der Waals surface area contributed by atoms with Crippen LogP contribution < -0.4 is 15.9 Å². The van der Waals surface area contributed by atoms with Gasteiger partial charge in [0.05, 0.1) is 17.4 Å². The zero-order valence-corrected chi connectivity index (χ0v) is 22.8. The monoisotopic (exact) mass is 527 g/mol. The van der Waals surface area contributed by atoms with Crippen LogP contribution in [0.25, 0.3) is 0 Å². The van der Waals surface area contributed by atoms with E-state index in [-0.39, 0.29) is 34.5 Å². The molecule has 0 amide bonds. The lowest BCUT2D eigenvalue weighted by Gasteiger charge is -2.30. The highest BCUT2D eigenvalue weighted by molar-refractivity contribution is 8.93. The van der Waals surface area contributed by atoms with Crippen molar-refractivity contribution in [2.24, 2.45) is 0 Å². The summed E-state index contributed by atoms with van der Waals surface area (Å²) in [7, 11) is -1.75. The van der Waals surface area contributed by atoms with Crippen LogP contribution in [0, 0.1) is 0 Å². The number of halogens is 1. The smallest absolute Gasteiger partial charge is 0.159 e. The summed E-state index contributed by atoms with van der Waals surface area (Å²) in [6.45, 7) is 8.51. The van der Waals surface area contributed by atoms with Gasteiger partial charge in [0.25, 0.3) is 0 Å². The molecule has 4 rings (SSSR count). The number of benzene rings is 3. The molecule has 0 radical (unpaired) electrons. The van der Waals surface area contributed by atoms with Crippen LogP contribution in [0.2, 0.25) is 0 Å². The van der Waals surface area contributed by atoms with E-state index in [1.165, 1.54) is 15.9 Å². The number of hydrogen-bond donors (Lipinski definition) is 0. The number of unbranched alkanes of at least 4 members (excludes halogenated alkanes) is 1. The Labute approximate surface area is 210 Å². The SMILES string of the molecule is Br.CC1(C)OC(CCCC[P+](c2ccccc2)(c2ccccc2)c2ccccc2)OC1(C)C. The second kappa shape index (κ2) is 10.8. The van der Waals surface area contributed by atoms with E-state index in [1.54, 1.807) is 0 Å². The van der Waals surface area contributed by atoms with E-state index in [1.807, 2.05) is 0 Å². The molecule has 0 N–H and O–H groups in total. The predicted molar refractivity (Wildman–Crippen MR) is 148 cm³/mol. The standard InChI is InChI=1S/C29H36O2P.BrH/c1-28(2)29(3,4)31-27(30-28)22-14-15-23-32(24-16-8-5-9-17-24,25-18-10-6-11-19-25)26-20-12-7-13-21-26;/h5-13,16-21,27H,14-15,22-23H2,1-4H3;1H/q+1;. The van der Waals surface area contributed by atoms with Crippen molar-refractivity contribution >= 4 is 40.2 Å². The molecule has 0 aliphatic carbocycles. The molecule has 1 fully saturated rings. The van der Waals surface area contributed by atoms with Gasteiger partial charge in [-0.3, -0.25) is 0 Å². The maximum Gasteiger partial charge on any atom is 0.159 e. The lowest BCUT2D eigenvalue weighted by atomic mass is 9.90. The quantitative estimate of drug-likeness (QED) is 0.241. The fraction of sp³-hybridized carbons (Fsp3) is 0.379. The summed E-state index contributed by atoms with van der Waals surface area (Å²) in [4.78, 5) is 0. The third-order valence-corrected chi connectivity index (χ3v) is 11.6. The van der Waals surface area contributed by atoms with Crippen molar-refractivity contribution in [2.75, 3.05) is 6.16 Å². The summed E-state index contributed by atoms with van der Waals surface area (Å²) in [6.07, 6.45) is 4.19. The zero-order valence-electron chi connectivity index (χ0n) is 20.2. The molecule has 176 valence electrons. The van der Waals surface area contributed by atoms with E-state index < -0.39 is 7.26 Å². The van der Waals surface area contributed by atoms with Crippen molar-refractivity contribution < 1.29 is 9.47 Å². The molecule has 0 unspecified atom stereocenters. The molecule has 33 heavy (non-hydrogen) atoms. The van der Waals surface area contributed by atoms with E-state index in [9.17, 15) is 0 Å². The van der Waals surface area contributed by atoms with Crippen LogP contribution in [0.5, 0.6) is 0 Å². The minimum atomic E-state index is -1.75. The Morgan fingerprint density at radius 2 is 0.970 bits per heavy atom. The molecule has 0 atom stereocenters. The summed E-state index contributed by atoms with van der Waals surface area (Å²) in [5.74, 6) is 0. The first-order valence-electron chi connectivity index (χ1n) is 11.8. The van der Waals surface area contributed by atoms with Gasteiger partial charge in [-0.25, -0.2) is 0 Å². The summed E-state index contributed by atoms with van der Waals surface area (Å²) < 4.78 is 12.5. The van der Waals surface area contributed by atoms with E-state index in [4.69, 9.17) is 9.47 Å². The fourth-order valence-corrected chi connectivity index (χ4v) is 9.04. The van der Waals surface area contributed by atoms with Crippen LogP contribution >= 0.6 is 24.2 Å². The normalized spacial score (nSPS) is 17.5. The summed E-state index contributed by atoms with van der Waals surface area (Å²) in [5, 5.41) is 4.36. The maximum absolute atomic E-state index is 6.24. The van der Waals surface area contributed by atoms with Crippen LogP contribution in [0.3, 0.4) is 0 Å². The zero-order chi connectivity index (χ0) is 22.7. The third kappa shape index (κ3) is 5.43. The second-order valence-corrected chi connectivity index (χ2v) is 13.3. The topological polar surface area (TPSA) is 18.5 Å². The second-order valence-electron chi connectivity index (χ2n) is 9.72. The van der Waals surface area contributed by atoms with Gasteiger partial charge in [-0.05, 0) is 83.4 Å². The van der Waals surface area contributed by atoms with Gasteiger partial charge in [0.1, 0.15) is 23.2 Å². The van der Waals surface area contributed by atoms with Crippen molar-refractivity contribution in [2.45, 2.75) is 64.4 Å². The van der Waals surface area contributed by atoms with Gasteiger partial charge in [0, 0.05) is 0 Å². The van der Waals surface area contributed by atoms with Gasteiger partial charge in [0.15, 0.2) is 6.29 Å². The average molecular weight is 528 g/mol. The Kier molecular flexibility index (Phi) is 8.56. The molecular weight excluding hydrogens is 491 g/mol. The number of rotatable bonds is 8. The van der Waals surface area contributed by atoms with Crippen LogP contribution in [0.4, 0.5) is 0 Å². The molecule has 0 bridgehead atoms. The highest BCUT2D eigenvalue weighted by Crippen LogP contribution is 2.56. The van der Waals surface area contributed by atoms with Crippen LogP contribution in [0.1, 0.15) is 47.0 Å². The van der Waals surface area contributed by atoms with Gasteiger partial charge in [-0.2, -0.15) is 0 Å². The van der Waals surface area contributed by atoms with E-state index in [2.05, 4.69) is 119 Å². The van der Waals surface area contributed by atoms with Crippen LogP contribution in [-0.2, 0) is 9.47 Å². The number of hydrogen-bond acceptors (Lipinski definition) is 2. The molecular formula is C29H37BrO2P+. The van der Waals surface area contributed by atoms with Gasteiger partial charge in [-0.1, -0.05) is 54.6 Å². The molecule has 3 aromatic rings. The van der Waals surface area contributed by atoms with Crippen LogP contribution in [-0.4, -0.2) is 23.7 Å². The lowest BCUT2D eigenvalue weighted by molar-refractivity contribution is -0.0910. The molecule has 4 heteroatoms. The Balaban J connectivity index is 0.00000306. The van der Waals surface area contributed by atoms with Crippen LogP contribution in [0.15, 0.2) is 91.0 Å². The highest BCUT2D eigenvalue weighted by atomic mass is 79.9. The molecule has 0 spiro atoms. The molecule has 1 saturated heterocycles. The van der Waals surface area contributed by atoms with E-state index in [0.29, 0.717) is 0 Å². The van der Waals surface area contributed by atoms with Crippen molar-refractivity contribution in [3.8, 4) is 0 Å². The van der Waals surface area contributed by atoms with E-state index >= 15 is 0 Å². The molecule has 0 saturated carbocycles. The van der Waals surface area contributed by atoms with Gasteiger partial charge < -0.3 is 9.47 Å². The maximum atomic E-state index is 6.24. The largest absolute Gasteiger partial charge is 0.344 e. The van der Waals surface area contributed by atoms with E-state index in [0.717, 1.165) is 25.4 Å². The molecule has 1 aliphatic heterocycles. The average Bonchev–Trinajstić information content (AvgIpc) is 3.02. The van der Waals surface area contributed by atoms with Gasteiger partial charge in [-0.15, -0.1) is 17.0 Å². The minimum Gasteiger partial charge on any atom is -0.344 e. The molecule has 3 aromatic carbocycles. The van der Waals surface area contributed by atoms with Crippen molar-refractivity contribution in [3.63, 3.8) is 0 Å². The molecule has 2 nitrogen and oxygen atoms in total. The first kappa shape index (κ1) is 26.1. The number of ether oxygens (including phenoxy) is 2. The summed E-state index contributed by atoms with van der Waals surface area (Å²) in [6, 6.07) is 33.4. The Morgan fingerprint density at radius 1 is 0.606 bits per heavy atom. The highest BCUT2D eigenvalue weighted by Gasteiger charge is 2.49. The van der Waals surface area contributed by atoms with Crippen molar-refractivity contribution in [1.29, 1.82) is 0 Å². The fourth-order valence-electron chi connectivity index (χ4n) is 4.62. The molecule has 1 heterocycles. The predicted octanol–water partition coefficient (Wildman–Crippen LogP) is 6.66. The first-order chi connectivity index (χ1) is 15.4. The summed E-state index contributed by atoms with van der Waals surface area (Å²) >= 11 is 0. The van der Waals surface area contributed by atoms with Gasteiger partial charge >= 0.3 is 0 Å². The Hall–Kier alpha value is -1.51. The summed E-state index contributed by atoms with van der Waals surface area (Å²) in [5.41, 5.74) is -0.515. The Bertz CT molecular complexity index is 877. The third-order valence-electron chi connectivity index (χ3n) is 7.08. The lowest BCUT2D eigenvalue weighted by Crippen LogP contribution is -2.41. The van der Waals surface area contributed by atoms with Gasteiger partial charge in [0.2, 0.25) is 0 Å². The van der Waals surface area contributed by atoms with Crippen molar-refractivity contribution in [3.05, 3.63) is 91.0 Å². The Morgan fingerprint density at radius 3 is 1.33 bits per heavy atom.